The molecule has 4 aromatic rings. The molecule has 95 heavy (non-hydrogen) atoms. The first-order valence-corrected chi connectivity index (χ1v) is 30.6. The highest BCUT2D eigenvalue weighted by Crippen LogP contribution is 2.46. The average molecular weight is 1330 g/mol. The number of hydrogen-bond acceptors (Lipinski definition) is 23. The zero-order valence-electron chi connectivity index (χ0n) is 51.5. The minimum Gasteiger partial charge on any atom is -0.458 e. The second kappa shape index (κ2) is 30.2. The molecule has 33 nitrogen and oxygen atoms in total. The normalized spacial score (nSPS) is 24.5. The molecule has 34 heteroatoms. The van der Waals surface area contributed by atoms with Gasteiger partial charge in [-0.2, -0.15) is 0 Å². The maximum Gasteiger partial charge on any atom is 0.343 e. The monoisotopic (exact) mass is 1330 g/mol. The molecule has 2 aromatic heterocycles. The molecule has 0 saturated carbocycles. The smallest absolute Gasteiger partial charge is 0.343 e. The van der Waals surface area contributed by atoms with E-state index in [1.807, 2.05) is 0 Å². The molecule has 0 bridgehead atoms. The zero-order valence-corrected chi connectivity index (χ0v) is 51.5. The van der Waals surface area contributed by atoms with Gasteiger partial charge in [0.2, 0.25) is 53.2 Å². The Morgan fingerprint density at radius 1 is 0.768 bits per heavy atom. The lowest BCUT2D eigenvalue weighted by atomic mass is 9.81. The third kappa shape index (κ3) is 15.7. The summed E-state index contributed by atoms with van der Waals surface area (Å²) in [6.07, 6.45) is -14.4. The predicted octanol–water partition coefficient (Wildman–Crippen LogP) is -6.65. The van der Waals surface area contributed by atoms with E-state index in [-0.39, 0.29) is 62.0 Å². The summed E-state index contributed by atoms with van der Waals surface area (Å²) in [5, 5.41) is 83.1. The van der Waals surface area contributed by atoms with Crippen LogP contribution in [-0.4, -0.2) is 212 Å². The number of carbonyl (C=O) groups is 10. The minimum atomic E-state index is -2.08. The number of aliphatic hydroxyl groups is 6. The van der Waals surface area contributed by atoms with Gasteiger partial charge < -0.3 is 108 Å². The molecule has 9 rings (SSSR count). The Balaban J connectivity index is 0.678. The van der Waals surface area contributed by atoms with Gasteiger partial charge in [-0.1, -0.05) is 37.3 Å². The van der Waals surface area contributed by atoms with Crippen molar-refractivity contribution in [3.05, 3.63) is 97.6 Å². The number of primary amides is 1. The Bertz CT molecular complexity index is 3730. The fourth-order valence-electron chi connectivity index (χ4n) is 12.1. The number of benzene rings is 2. The van der Waals surface area contributed by atoms with Crippen LogP contribution in [0.25, 0.3) is 22.3 Å². The number of aliphatic hydroxyl groups excluding tert-OH is 5. The van der Waals surface area contributed by atoms with Crippen LogP contribution < -0.4 is 59.6 Å². The highest BCUT2D eigenvalue weighted by molar-refractivity contribution is 5.95. The lowest BCUT2D eigenvalue weighted by Crippen LogP contribution is -2.63. The molecular formula is C61H75FN12O21. The topological polar surface area (TPSA) is 512 Å². The third-order valence-corrected chi connectivity index (χ3v) is 17.4. The Kier molecular flexibility index (Phi) is 22.4. The van der Waals surface area contributed by atoms with E-state index in [0.29, 0.717) is 57.4 Å². The molecule has 2 saturated heterocycles. The van der Waals surface area contributed by atoms with Crippen molar-refractivity contribution in [2.45, 2.75) is 151 Å². The van der Waals surface area contributed by atoms with Crippen LogP contribution in [0.2, 0.25) is 0 Å². The molecular weight excluding hydrogens is 1260 g/mol. The fourth-order valence-corrected chi connectivity index (χ4v) is 12.1. The summed E-state index contributed by atoms with van der Waals surface area (Å²) in [7, 11) is 0. The van der Waals surface area contributed by atoms with Crippen LogP contribution in [0.15, 0.2) is 47.3 Å². The van der Waals surface area contributed by atoms with Gasteiger partial charge in [0.15, 0.2) is 11.7 Å². The lowest BCUT2D eigenvalue weighted by molar-refractivity contribution is -0.217. The van der Waals surface area contributed by atoms with Gasteiger partial charge in [-0.15, -0.1) is 0 Å². The SMILES string of the molecule is CC[C@@]1(O)C(=O)OCc2c1cc1n(c2=O)Cc2c-1nc1cc(F)c(C)c3c1c2[C@@H](NC(=O)COCNC(=O)CNC(=O)[C@H](Cc1ccccc1)NC(=O)CNC(=O)CNC(=O)[C@@H](N)CCC(=O)NC[C@H]1O[C@@H](CC(=O)NC[C@@H]2O[C@H](C(N)=O)[C@@H](O)[C@H](O)[C@H]2O)[C@H](O)[C@@H]1O)CC3. The van der Waals surface area contributed by atoms with Crippen molar-refractivity contribution in [3.63, 3.8) is 0 Å². The number of cyclic esters (lactones) is 1. The predicted molar refractivity (Wildman–Crippen MR) is 323 cm³/mol. The Morgan fingerprint density at radius 2 is 1.42 bits per heavy atom. The van der Waals surface area contributed by atoms with Crippen molar-refractivity contribution < 1.29 is 102 Å². The van der Waals surface area contributed by atoms with E-state index in [4.69, 9.17) is 35.4 Å². The van der Waals surface area contributed by atoms with Gasteiger partial charge in [0.1, 0.15) is 74.5 Å². The van der Waals surface area contributed by atoms with Gasteiger partial charge in [-0.3, -0.25) is 47.9 Å². The molecule has 18 N–H and O–H groups in total. The molecule has 0 unspecified atom stereocenters. The second-order valence-corrected chi connectivity index (χ2v) is 23.7. The largest absolute Gasteiger partial charge is 0.458 e. The number of nitrogens with two attached hydrogens (primary N) is 2. The van der Waals surface area contributed by atoms with Crippen molar-refractivity contribution >= 4 is 70.0 Å². The highest BCUT2D eigenvalue weighted by Gasteiger charge is 2.49. The molecule has 5 aliphatic rings. The van der Waals surface area contributed by atoms with Crippen LogP contribution >= 0.6 is 0 Å². The van der Waals surface area contributed by atoms with E-state index in [0.717, 1.165) is 0 Å². The number of nitrogens with one attached hydrogen (secondary N) is 8. The molecule has 6 heterocycles. The molecule has 1 aliphatic carbocycles. The Morgan fingerprint density at radius 3 is 2.13 bits per heavy atom. The van der Waals surface area contributed by atoms with Gasteiger partial charge in [0.05, 0.1) is 73.3 Å². The number of hydrogen-bond donors (Lipinski definition) is 16. The fraction of sp³-hybridized carbons (Fsp3) is 0.508. The van der Waals surface area contributed by atoms with Crippen LogP contribution in [0.3, 0.4) is 0 Å². The Labute approximate surface area is 539 Å². The van der Waals surface area contributed by atoms with Crippen molar-refractivity contribution in [2.75, 3.05) is 46.1 Å². The zero-order chi connectivity index (χ0) is 68.7. The van der Waals surface area contributed by atoms with Gasteiger partial charge in [-0.25, -0.2) is 14.2 Å². The molecule has 2 fully saturated rings. The number of halogens is 1. The third-order valence-electron chi connectivity index (χ3n) is 17.4. The summed E-state index contributed by atoms with van der Waals surface area (Å²) in [4.78, 5) is 147. The standard InChI is InChI=1S/C61H75FN12O21/c1-3-61(91)31-14-37-49-29(22-74(37)59(89)30(31)23-93-60(61)90)48-34(11-9-28-26(2)32(62)15-35(73-49)47(28)48)71-46(80)24-92-25-70-44(78)20-69-58(88)36(13-27-7-5-4-6-8-27)72-45(79)21-67-43(77)19-68-57(87)33(63)10-12-41(75)65-17-39-51(82)50(81)38(94-39)16-42(76)66-18-40-52(83)53(84)54(85)55(95-40)56(64)86/h4-8,14-15,33-34,36,38-40,50-55,81-85,91H,3,9-13,16-25,63H2,1-2H3,(H2,64,86)(H,65,75)(H,66,76)(H,67,77)(H,68,87)(H,69,88)(H,70,78)(H,71,80)(H,72,79)/t33-,34-,36-,38-,39+,40-,50-,51+,52-,53+,54-,55-,61-/m0/s1. The van der Waals surface area contributed by atoms with Crippen molar-refractivity contribution in [1.29, 1.82) is 0 Å². The van der Waals surface area contributed by atoms with E-state index >= 15 is 4.39 Å². The molecule has 9 amide bonds. The van der Waals surface area contributed by atoms with E-state index < -0.39 is 195 Å². The minimum absolute atomic E-state index is 0.0222. The summed E-state index contributed by atoms with van der Waals surface area (Å²) < 4.78 is 38.4. The van der Waals surface area contributed by atoms with Crippen LogP contribution in [0.5, 0.6) is 0 Å². The lowest BCUT2D eigenvalue weighted by Gasteiger charge is -2.39. The molecule has 13 atom stereocenters. The summed E-state index contributed by atoms with van der Waals surface area (Å²) in [5.41, 5.74) is 12.6. The number of amides is 9. The average Bonchev–Trinajstić information content (AvgIpc) is 1.61. The summed E-state index contributed by atoms with van der Waals surface area (Å²) in [6, 6.07) is 8.14. The van der Waals surface area contributed by atoms with Crippen molar-refractivity contribution in [1.82, 2.24) is 52.1 Å². The Hall–Kier alpha value is -8.97. The van der Waals surface area contributed by atoms with Crippen LogP contribution in [0.4, 0.5) is 4.39 Å². The van der Waals surface area contributed by atoms with Crippen molar-refractivity contribution in [2.24, 2.45) is 11.5 Å². The van der Waals surface area contributed by atoms with E-state index in [1.165, 1.54) is 10.6 Å². The van der Waals surface area contributed by atoms with Crippen molar-refractivity contribution in [3.8, 4) is 11.4 Å². The first-order valence-electron chi connectivity index (χ1n) is 30.6. The molecule has 0 radical (unpaired) electrons. The number of aromatic nitrogens is 2. The van der Waals surface area contributed by atoms with Gasteiger partial charge in [-0.05, 0) is 60.9 Å². The van der Waals surface area contributed by atoms with E-state index in [9.17, 15) is 83.4 Å². The first-order chi connectivity index (χ1) is 45.2. The number of nitrogens with zero attached hydrogens (tertiary/aromatic N) is 2. The number of carbonyl (C=O) groups excluding carboxylic acids is 10. The molecule has 0 spiro atoms. The van der Waals surface area contributed by atoms with Gasteiger partial charge in [0.25, 0.3) is 5.56 Å². The number of rotatable bonds is 27. The summed E-state index contributed by atoms with van der Waals surface area (Å²) in [6.45, 7) is -0.767. The second-order valence-electron chi connectivity index (χ2n) is 23.7. The first kappa shape index (κ1) is 70.3. The number of fused-ring (bicyclic) bond motifs is 5. The van der Waals surface area contributed by atoms with Gasteiger partial charge >= 0.3 is 5.97 Å². The molecule has 4 aliphatic heterocycles. The van der Waals surface area contributed by atoms with Crippen LogP contribution in [0, 0.1) is 12.7 Å². The number of ether oxygens (including phenoxy) is 4. The van der Waals surface area contributed by atoms with E-state index in [2.05, 4.69) is 42.5 Å². The van der Waals surface area contributed by atoms with Crippen LogP contribution in [0.1, 0.15) is 84.0 Å². The summed E-state index contributed by atoms with van der Waals surface area (Å²) >= 11 is 0. The highest BCUT2D eigenvalue weighted by atomic mass is 19.1. The molecule has 2 aromatic carbocycles. The number of aryl methyl sites for hydroxylation is 1. The van der Waals surface area contributed by atoms with Gasteiger partial charge in [0, 0.05) is 48.5 Å². The number of esters is 1. The molecule has 512 valence electrons. The maximum atomic E-state index is 15.4. The van der Waals surface area contributed by atoms with E-state index in [1.54, 1.807) is 50.2 Å². The quantitative estimate of drug-likeness (QED) is 0.0132. The maximum absolute atomic E-state index is 15.4. The van der Waals surface area contributed by atoms with Crippen LogP contribution in [-0.2, 0) is 98.5 Å². The number of pyridine rings is 2. The summed E-state index contributed by atoms with van der Waals surface area (Å²) in [5.74, 6) is -8.49.